The van der Waals surface area contributed by atoms with Crippen LogP contribution in [-0.4, -0.2) is 24.3 Å². The van der Waals surface area contributed by atoms with E-state index in [1.807, 2.05) is 0 Å². The summed E-state index contributed by atoms with van der Waals surface area (Å²) in [4.78, 5) is 0. The molecule has 1 nitrogen and oxygen atoms in total. The van der Waals surface area contributed by atoms with E-state index in [4.69, 9.17) is 0 Å². The fraction of sp³-hybridized carbons (Fsp3) is 1.00. The van der Waals surface area contributed by atoms with E-state index in [0.29, 0.717) is 0 Å². The van der Waals surface area contributed by atoms with E-state index in [0.717, 1.165) is 0 Å². The van der Waals surface area contributed by atoms with E-state index in [1.54, 1.807) is 0 Å². The van der Waals surface area contributed by atoms with E-state index in [-0.39, 0.29) is 0 Å². The van der Waals surface area contributed by atoms with Gasteiger partial charge in [0.25, 0.3) is 0 Å². The van der Waals surface area contributed by atoms with Gasteiger partial charge in [-0.3, -0.25) is 5.73 Å². The van der Waals surface area contributed by atoms with Crippen molar-refractivity contribution in [2.45, 2.75) is 30.7 Å². The van der Waals surface area contributed by atoms with Gasteiger partial charge in [0, 0.05) is 0 Å². The molecule has 0 aliphatic heterocycles. The molecule has 0 saturated carbocycles. The van der Waals surface area contributed by atoms with Crippen LogP contribution in [0.2, 0.25) is 0 Å². The topological polar surface area (TPSA) is 26.0 Å². The van der Waals surface area contributed by atoms with Crippen LogP contribution in [0.15, 0.2) is 0 Å². The molecule has 0 aromatic rings. The first-order chi connectivity index (χ1) is 5.88. The van der Waals surface area contributed by atoms with Crippen LogP contribution in [0.25, 0.3) is 0 Å². The third-order valence-corrected chi connectivity index (χ3v) is 1.25. The van der Waals surface area contributed by atoms with Crippen LogP contribution in [0, 0.1) is 0 Å². The second-order valence-electron chi connectivity index (χ2n) is 2.53. The molecule has 0 rings (SSSR count). The van der Waals surface area contributed by atoms with Crippen LogP contribution in [0.1, 0.15) is 6.42 Å². The molecular formula is C5H5F8N. The van der Waals surface area contributed by atoms with Crippen LogP contribution in [0.3, 0.4) is 0 Å². The molecule has 0 aliphatic rings. The summed E-state index contributed by atoms with van der Waals surface area (Å²) < 4.78 is 93.9. The van der Waals surface area contributed by atoms with Gasteiger partial charge in [-0.15, -0.1) is 0 Å². The molecule has 0 heterocycles. The Kier molecular flexibility index (Phi) is 3.37. The molecule has 0 aromatic carbocycles. The van der Waals surface area contributed by atoms with Crippen LogP contribution in [0.4, 0.5) is 35.1 Å². The molecule has 0 saturated heterocycles. The lowest BCUT2D eigenvalue weighted by Crippen LogP contribution is -2.54. The molecule has 0 bridgehead atoms. The molecule has 86 valence electrons. The highest BCUT2D eigenvalue weighted by molar-refractivity contribution is 4.88. The van der Waals surface area contributed by atoms with Gasteiger partial charge in [0.2, 0.25) is 0 Å². The van der Waals surface area contributed by atoms with Crippen molar-refractivity contribution < 1.29 is 35.1 Å². The highest BCUT2D eigenvalue weighted by Gasteiger charge is 2.61. The van der Waals surface area contributed by atoms with Crippen molar-refractivity contribution in [3.63, 3.8) is 0 Å². The molecule has 0 aliphatic carbocycles. The predicted octanol–water partition coefficient (Wildman–Crippen LogP) is 2.46. The molecule has 0 spiro atoms. The monoisotopic (exact) mass is 231 g/mol. The zero-order valence-corrected chi connectivity index (χ0v) is 6.39. The smallest absolute Gasteiger partial charge is 0.267 e. The Balaban J connectivity index is 4.61. The van der Waals surface area contributed by atoms with Crippen molar-refractivity contribution in [2.75, 3.05) is 0 Å². The number of hydrogen-bond acceptors (Lipinski definition) is 1. The Hall–Kier alpha value is -0.600. The average molecular weight is 231 g/mol. The minimum Gasteiger partial charge on any atom is -0.267 e. The fourth-order valence-corrected chi connectivity index (χ4v) is 0.540. The normalized spacial score (nSPS) is 16.9. The zero-order chi connectivity index (χ0) is 11.8. The third-order valence-electron chi connectivity index (χ3n) is 1.25. The highest BCUT2D eigenvalue weighted by Crippen LogP contribution is 2.39. The maximum Gasteiger partial charge on any atom is 0.392 e. The van der Waals surface area contributed by atoms with Crippen molar-refractivity contribution in [3.8, 4) is 0 Å². The van der Waals surface area contributed by atoms with Gasteiger partial charge in [0.05, 0.1) is 6.42 Å². The van der Waals surface area contributed by atoms with Gasteiger partial charge in [-0.05, 0) is 0 Å². The van der Waals surface area contributed by atoms with Crippen LogP contribution >= 0.6 is 0 Å². The van der Waals surface area contributed by atoms with E-state index in [9.17, 15) is 35.1 Å². The minimum absolute atomic E-state index is 2.67. The molecule has 0 amide bonds. The Morgan fingerprint density at radius 2 is 1.29 bits per heavy atom. The van der Waals surface area contributed by atoms with Gasteiger partial charge >= 0.3 is 18.1 Å². The molecule has 14 heavy (non-hydrogen) atoms. The van der Waals surface area contributed by atoms with Gasteiger partial charge in [-0.25, -0.2) is 4.39 Å². The van der Waals surface area contributed by atoms with Gasteiger partial charge < -0.3 is 0 Å². The Morgan fingerprint density at radius 1 is 0.929 bits per heavy atom. The fourth-order valence-electron chi connectivity index (χ4n) is 0.540. The molecule has 9 heteroatoms. The maximum absolute atomic E-state index is 12.1. The number of rotatable bonds is 3. The predicted molar refractivity (Wildman–Crippen MR) is 29.6 cm³/mol. The van der Waals surface area contributed by atoms with Crippen LogP contribution < -0.4 is 5.73 Å². The van der Waals surface area contributed by atoms with Crippen molar-refractivity contribution in [1.82, 2.24) is 0 Å². The minimum atomic E-state index is -5.54. The first-order valence-electron chi connectivity index (χ1n) is 3.13. The quantitative estimate of drug-likeness (QED) is 0.586. The maximum atomic E-state index is 12.1. The summed E-state index contributed by atoms with van der Waals surface area (Å²) in [5.41, 5.74) is 3.54. The van der Waals surface area contributed by atoms with Crippen molar-refractivity contribution in [1.29, 1.82) is 0 Å². The summed E-state index contributed by atoms with van der Waals surface area (Å²) in [5.74, 6) is -5.54. The van der Waals surface area contributed by atoms with Gasteiger partial charge in [-0.1, -0.05) is 0 Å². The number of hydrogen-bond donors (Lipinski definition) is 1. The summed E-state index contributed by atoms with van der Waals surface area (Å²) in [5, 5.41) is 0. The average Bonchev–Trinajstić information content (AvgIpc) is 1.80. The summed E-state index contributed by atoms with van der Waals surface area (Å²) in [7, 11) is 0. The van der Waals surface area contributed by atoms with Crippen molar-refractivity contribution in [3.05, 3.63) is 0 Å². The molecule has 1 atom stereocenters. The summed E-state index contributed by atoms with van der Waals surface area (Å²) in [6, 6.07) is -5.32. The Morgan fingerprint density at radius 3 is 1.50 bits per heavy atom. The van der Waals surface area contributed by atoms with Crippen LogP contribution in [0.5, 0.6) is 0 Å². The first kappa shape index (κ1) is 13.4. The molecule has 0 aromatic heterocycles. The highest BCUT2D eigenvalue weighted by atomic mass is 19.4. The van der Waals surface area contributed by atoms with E-state index >= 15 is 0 Å². The standard InChI is InChI=1S/C5H5F8N/c6-2(1-3(7,8)9)4(10,11)5(12,13)14/h2H,1,14H2. The lowest BCUT2D eigenvalue weighted by molar-refractivity contribution is -0.255. The van der Waals surface area contributed by atoms with Crippen molar-refractivity contribution >= 4 is 0 Å². The van der Waals surface area contributed by atoms with E-state index in [2.05, 4.69) is 5.73 Å². The number of alkyl halides is 8. The van der Waals surface area contributed by atoms with Gasteiger partial charge in [-0.2, -0.15) is 30.7 Å². The molecule has 0 radical (unpaired) electrons. The largest absolute Gasteiger partial charge is 0.392 e. The summed E-state index contributed by atoms with van der Waals surface area (Å²) in [6.45, 7) is 0. The Bertz CT molecular complexity index is 191. The second kappa shape index (κ2) is 3.52. The first-order valence-corrected chi connectivity index (χ1v) is 3.13. The molecule has 1 unspecified atom stereocenters. The number of nitrogens with two attached hydrogens (primary N) is 1. The molecular weight excluding hydrogens is 226 g/mol. The third kappa shape index (κ3) is 3.28. The van der Waals surface area contributed by atoms with Crippen LogP contribution in [-0.2, 0) is 0 Å². The van der Waals surface area contributed by atoms with E-state index in [1.165, 1.54) is 0 Å². The second-order valence-corrected chi connectivity index (χ2v) is 2.53. The zero-order valence-electron chi connectivity index (χ0n) is 6.39. The van der Waals surface area contributed by atoms with Gasteiger partial charge in [0.15, 0.2) is 6.17 Å². The van der Waals surface area contributed by atoms with E-state index < -0.39 is 30.7 Å². The molecule has 0 fully saturated rings. The summed E-state index contributed by atoms with van der Waals surface area (Å²) in [6.07, 6.45) is -12.0. The SMILES string of the molecule is NC(F)(F)C(F)(F)C(F)CC(F)(F)F. The molecule has 2 N–H and O–H groups in total. The van der Waals surface area contributed by atoms with Gasteiger partial charge in [0.1, 0.15) is 0 Å². The summed E-state index contributed by atoms with van der Waals surface area (Å²) >= 11 is 0. The Labute approximate surface area is 72.9 Å². The lowest BCUT2D eigenvalue weighted by Gasteiger charge is -2.26. The number of halogens is 8. The lowest BCUT2D eigenvalue weighted by atomic mass is 10.1. The van der Waals surface area contributed by atoms with Crippen molar-refractivity contribution in [2.24, 2.45) is 5.73 Å².